The highest BCUT2D eigenvalue weighted by Crippen LogP contribution is 2.27. The minimum Gasteiger partial charge on any atom is -0.478 e. The first-order valence-electron chi connectivity index (χ1n) is 6.77. The molecule has 0 saturated heterocycles. The summed E-state index contributed by atoms with van der Waals surface area (Å²) in [6.07, 6.45) is 1.12. The van der Waals surface area contributed by atoms with Crippen LogP contribution in [0, 0.1) is 11.6 Å². The van der Waals surface area contributed by atoms with Crippen molar-refractivity contribution in [1.29, 1.82) is 0 Å². The molecule has 0 unspecified atom stereocenters. The van der Waals surface area contributed by atoms with Crippen LogP contribution in [0.25, 0.3) is 6.08 Å². The van der Waals surface area contributed by atoms with Crippen LogP contribution in [0.2, 0.25) is 0 Å². The molecule has 2 aromatic rings. The molecular formula is C17H9F2NO4. The van der Waals surface area contributed by atoms with Gasteiger partial charge in [0.1, 0.15) is 0 Å². The number of aromatic carboxylic acids is 1. The van der Waals surface area contributed by atoms with E-state index in [0.717, 1.165) is 24.3 Å². The molecule has 24 heavy (non-hydrogen) atoms. The molecule has 1 amide bonds. The van der Waals surface area contributed by atoms with Crippen LogP contribution in [-0.4, -0.2) is 22.8 Å². The maximum absolute atomic E-state index is 13.3. The summed E-state index contributed by atoms with van der Waals surface area (Å²) in [5.41, 5.74) is -0.0625. The van der Waals surface area contributed by atoms with Crippen molar-refractivity contribution >= 4 is 29.4 Å². The predicted octanol–water partition coefficient (Wildman–Crippen LogP) is 2.88. The normalized spacial score (nSPS) is 15.2. The quantitative estimate of drug-likeness (QED) is 0.655. The van der Waals surface area contributed by atoms with Crippen LogP contribution >= 0.6 is 0 Å². The largest absolute Gasteiger partial charge is 0.478 e. The van der Waals surface area contributed by atoms with Crippen molar-refractivity contribution in [2.45, 2.75) is 0 Å². The number of benzene rings is 2. The van der Waals surface area contributed by atoms with Gasteiger partial charge in [0, 0.05) is 5.56 Å². The van der Waals surface area contributed by atoms with Crippen LogP contribution < -0.4 is 5.32 Å². The van der Waals surface area contributed by atoms with E-state index in [4.69, 9.17) is 5.11 Å². The van der Waals surface area contributed by atoms with Crippen molar-refractivity contribution in [2.75, 3.05) is 5.32 Å². The van der Waals surface area contributed by atoms with Gasteiger partial charge in [-0.05, 0) is 42.0 Å². The standard InChI is InChI=1S/C17H9F2NO4/c18-12-3-1-8(6-13(12)19)5-11-15(21)10-7-9(17(23)24)2-4-14(10)20-16(11)22/h1-7H,(H,20,22)(H,23,24)/b11-5+. The number of amides is 1. The van der Waals surface area contributed by atoms with E-state index in [9.17, 15) is 23.2 Å². The van der Waals surface area contributed by atoms with E-state index in [2.05, 4.69) is 5.32 Å². The third-order valence-corrected chi connectivity index (χ3v) is 3.50. The van der Waals surface area contributed by atoms with Crippen LogP contribution in [0.3, 0.4) is 0 Å². The van der Waals surface area contributed by atoms with E-state index >= 15 is 0 Å². The highest BCUT2D eigenvalue weighted by molar-refractivity contribution is 6.36. The topological polar surface area (TPSA) is 83.5 Å². The number of hydrogen-bond acceptors (Lipinski definition) is 3. The number of halogens is 2. The number of Topliss-reactive ketones (excluding diaryl/α,β-unsaturated/α-hetero) is 1. The lowest BCUT2D eigenvalue weighted by molar-refractivity contribution is -0.112. The van der Waals surface area contributed by atoms with Gasteiger partial charge in [0.2, 0.25) is 5.78 Å². The lowest BCUT2D eigenvalue weighted by Crippen LogP contribution is -2.27. The second kappa shape index (κ2) is 5.69. The van der Waals surface area contributed by atoms with Crippen molar-refractivity contribution in [2.24, 2.45) is 0 Å². The minimum atomic E-state index is -1.21. The molecule has 0 bridgehead atoms. The monoisotopic (exact) mass is 329 g/mol. The van der Waals surface area contributed by atoms with Crippen LogP contribution in [0.15, 0.2) is 42.0 Å². The maximum atomic E-state index is 13.3. The van der Waals surface area contributed by atoms with E-state index in [0.29, 0.717) is 0 Å². The number of hydrogen-bond donors (Lipinski definition) is 2. The summed E-state index contributed by atoms with van der Waals surface area (Å²) in [4.78, 5) is 35.5. The van der Waals surface area contributed by atoms with Crippen LogP contribution in [0.4, 0.5) is 14.5 Å². The highest BCUT2D eigenvalue weighted by atomic mass is 19.2. The first kappa shape index (κ1) is 15.5. The SMILES string of the molecule is O=C1Nc2ccc(C(=O)O)cc2C(=O)/C1=C\c1ccc(F)c(F)c1. The molecule has 2 aromatic carbocycles. The Labute approximate surface area is 134 Å². The maximum Gasteiger partial charge on any atom is 0.335 e. The van der Waals surface area contributed by atoms with Crippen molar-refractivity contribution in [3.8, 4) is 0 Å². The second-order valence-electron chi connectivity index (χ2n) is 5.08. The molecule has 5 nitrogen and oxygen atoms in total. The molecule has 1 aliphatic heterocycles. The molecule has 2 N–H and O–H groups in total. The average molecular weight is 329 g/mol. The lowest BCUT2D eigenvalue weighted by Gasteiger charge is -2.18. The molecule has 1 aliphatic rings. The molecule has 120 valence electrons. The number of fused-ring (bicyclic) bond motifs is 1. The molecule has 0 radical (unpaired) electrons. The molecule has 0 atom stereocenters. The molecule has 0 aliphatic carbocycles. The Hall–Kier alpha value is -3.35. The zero-order valence-electron chi connectivity index (χ0n) is 12.0. The molecule has 0 saturated carbocycles. The number of anilines is 1. The Morgan fingerprint density at radius 1 is 1.04 bits per heavy atom. The van der Waals surface area contributed by atoms with Crippen molar-refractivity contribution in [3.05, 3.63) is 70.3 Å². The molecule has 0 spiro atoms. The van der Waals surface area contributed by atoms with Crippen LogP contribution in [0.5, 0.6) is 0 Å². The van der Waals surface area contributed by atoms with Crippen molar-refractivity contribution in [3.63, 3.8) is 0 Å². The second-order valence-corrected chi connectivity index (χ2v) is 5.08. The van der Waals surface area contributed by atoms with Crippen molar-refractivity contribution < 1.29 is 28.3 Å². The van der Waals surface area contributed by atoms with Gasteiger partial charge in [0.05, 0.1) is 16.8 Å². The van der Waals surface area contributed by atoms with Gasteiger partial charge in [0.25, 0.3) is 5.91 Å². The van der Waals surface area contributed by atoms with E-state index in [1.807, 2.05) is 0 Å². The first-order valence-corrected chi connectivity index (χ1v) is 6.77. The van der Waals surface area contributed by atoms with Gasteiger partial charge in [-0.2, -0.15) is 0 Å². The Bertz CT molecular complexity index is 934. The fraction of sp³-hybridized carbons (Fsp3) is 0. The Morgan fingerprint density at radius 3 is 2.46 bits per heavy atom. The summed E-state index contributed by atoms with van der Waals surface area (Å²) in [7, 11) is 0. The Balaban J connectivity index is 2.07. The summed E-state index contributed by atoms with van der Waals surface area (Å²) >= 11 is 0. The number of ketones is 1. The third-order valence-electron chi connectivity index (χ3n) is 3.50. The highest BCUT2D eigenvalue weighted by Gasteiger charge is 2.29. The number of rotatable bonds is 2. The first-order chi connectivity index (χ1) is 11.4. The molecular weight excluding hydrogens is 320 g/mol. The fourth-order valence-corrected chi connectivity index (χ4v) is 2.31. The van der Waals surface area contributed by atoms with Crippen LogP contribution in [0.1, 0.15) is 26.3 Å². The predicted molar refractivity (Wildman–Crippen MR) is 80.7 cm³/mol. The number of carboxylic acids is 1. The molecule has 0 aromatic heterocycles. The number of nitrogens with one attached hydrogen (secondary N) is 1. The Morgan fingerprint density at radius 2 is 1.79 bits per heavy atom. The summed E-state index contributed by atoms with van der Waals surface area (Å²) in [6.45, 7) is 0. The molecule has 1 heterocycles. The minimum absolute atomic E-state index is 0.0170. The van der Waals surface area contributed by atoms with Gasteiger partial charge in [0.15, 0.2) is 11.6 Å². The van der Waals surface area contributed by atoms with E-state index < -0.39 is 29.3 Å². The molecule has 7 heteroatoms. The van der Waals surface area contributed by atoms with Crippen molar-refractivity contribution in [1.82, 2.24) is 0 Å². The number of carbonyl (C=O) groups excluding carboxylic acids is 2. The lowest BCUT2D eigenvalue weighted by atomic mass is 9.93. The van der Waals surface area contributed by atoms with Gasteiger partial charge in [-0.1, -0.05) is 6.07 Å². The van der Waals surface area contributed by atoms with Gasteiger partial charge in [-0.15, -0.1) is 0 Å². The summed E-state index contributed by atoms with van der Waals surface area (Å²) in [6, 6.07) is 6.69. The molecule has 3 rings (SSSR count). The van der Waals surface area contributed by atoms with Gasteiger partial charge in [-0.25, -0.2) is 13.6 Å². The summed E-state index contributed by atoms with van der Waals surface area (Å²) in [5.74, 6) is -4.77. The van der Waals surface area contributed by atoms with E-state index in [-0.39, 0.29) is 28.0 Å². The smallest absolute Gasteiger partial charge is 0.335 e. The third kappa shape index (κ3) is 2.67. The zero-order chi connectivity index (χ0) is 17.4. The van der Waals surface area contributed by atoms with Gasteiger partial charge < -0.3 is 10.4 Å². The Kier molecular flexibility index (Phi) is 3.69. The van der Waals surface area contributed by atoms with Gasteiger partial charge in [-0.3, -0.25) is 9.59 Å². The van der Waals surface area contributed by atoms with E-state index in [1.54, 1.807) is 0 Å². The fourth-order valence-electron chi connectivity index (χ4n) is 2.31. The zero-order valence-corrected chi connectivity index (χ0v) is 12.0. The van der Waals surface area contributed by atoms with Gasteiger partial charge >= 0.3 is 5.97 Å². The summed E-state index contributed by atoms with van der Waals surface area (Å²) < 4.78 is 26.2. The van der Waals surface area contributed by atoms with E-state index in [1.165, 1.54) is 18.2 Å². The average Bonchev–Trinajstić information content (AvgIpc) is 2.54. The number of carboxylic acid groups (broad SMARTS) is 1. The number of carbonyl (C=O) groups is 3. The van der Waals surface area contributed by atoms with Crippen LogP contribution in [-0.2, 0) is 4.79 Å². The summed E-state index contributed by atoms with van der Waals surface area (Å²) in [5, 5.41) is 11.5. The molecule has 0 fully saturated rings.